The minimum Gasteiger partial charge on any atom is -0.377 e. The van der Waals surface area contributed by atoms with E-state index in [4.69, 9.17) is 19.0 Å². The van der Waals surface area contributed by atoms with Gasteiger partial charge in [-0.25, -0.2) is 0 Å². The third-order valence-corrected chi connectivity index (χ3v) is 5.23. The maximum Gasteiger partial charge on any atom is 0.500 e. The maximum absolute atomic E-state index is 5.69. The van der Waals surface area contributed by atoms with Gasteiger partial charge >= 0.3 is 8.80 Å². The molecular formula is C9H23NO3Si. The summed E-state index contributed by atoms with van der Waals surface area (Å²) in [4.78, 5) is 0. The van der Waals surface area contributed by atoms with Gasteiger partial charge in [0.05, 0.1) is 0 Å². The summed E-state index contributed by atoms with van der Waals surface area (Å²) in [7, 11) is 0.866. The van der Waals surface area contributed by atoms with Crippen LogP contribution < -0.4 is 5.73 Å². The minimum atomic E-state index is -2.43. The Morgan fingerprint density at radius 3 is 2.21 bits per heavy atom. The van der Waals surface area contributed by atoms with Crippen LogP contribution in [0, 0.1) is 5.92 Å². The average Bonchev–Trinajstić information content (AvgIpc) is 2.24. The van der Waals surface area contributed by atoms with Crippen molar-refractivity contribution in [2.24, 2.45) is 11.7 Å². The van der Waals surface area contributed by atoms with Gasteiger partial charge in [-0.1, -0.05) is 13.8 Å². The summed E-state index contributed by atoms with van der Waals surface area (Å²) in [6.07, 6.45) is 0.971. The van der Waals surface area contributed by atoms with Crippen LogP contribution in [0.1, 0.15) is 20.3 Å². The summed E-state index contributed by atoms with van der Waals surface area (Å²) in [6.45, 7) is 5.47. The van der Waals surface area contributed by atoms with E-state index in [1.165, 1.54) is 0 Å². The summed E-state index contributed by atoms with van der Waals surface area (Å²) in [5.41, 5.74) is 5.57. The normalized spacial score (nSPS) is 14.4. The van der Waals surface area contributed by atoms with Crippen LogP contribution in [0.25, 0.3) is 0 Å². The van der Waals surface area contributed by atoms with Gasteiger partial charge in [0.25, 0.3) is 0 Å². The van der Waals surface area contributed by atoms with E-state index in [1.807, 2.05) is 0 Å². The molecule has 86 valence electrons. The van der Waals surface area contributed by atoms with Gasteiger partial charge in [-0.15, -0.1) is 0 Å². The first-order chi connectivity index (χ1) is 6.64. The van der Waals surface area contributed by atoms with Crippen LogP contribution in [0.4, 0.5) is 0 Å². The van der Waals surface area contributed by atoms with Gasteiger partial charge in [0.2, 0.25) is 0 Å². The minimum absolute atomic E-state index is 0.374. The second-order valence-corrected chi connectivity index (χ2v) is 6.36. The Morgan fingerprint density at radius 2 is 1.86 bits per heavy atom. The number of rotatable bonds is 8. The summed E-state index contributed by atoms with van der Waals surface area (Å²) in [5.74, 6) is 0.374. The molecule has 0 aromatic rings. The Balaban J connectivity index is 4.20. The molecule has 0 fully saturated rings. The fourth-order valence-electron chi connectivity index (χ4n) is 1.19. The highest BCUT2D eigenvalue weighted by molar-refractivity contribution is 6.60. The first-order valence-electron chi connectivity index (χ1n) is 5.08. The van der Waals surface area contributed by atoms with Crippen LogP contribution in [0.3, 0.4) is 0 Å². The van der Waals surface area contributed by atoms with Crippen molar-refractivity contribution in [3.63, 3.8) is 0 Å². The monoisotopic (exact) mass is 221 g/mol. The second-order valence-electron chi connectivity index (χ2n) is 3.48. The van der Waals surface area contributed by atoms with Gasteiger partial charge < -0.3 is 19.0 Å². The average molecular weight is 221 g/mol. The molecule has 0 saturated carbocycles. The fourth-order valence-corrected chi connectivity index (χ4v) is 3.58. The van der Waals surface area contributed by atoms with Crippen molar-refractivity contribution in [3.8, 4) is 0 Å². The van der Waals surface area contributed by atoms with Crippen molar-refractivity contribution in [2.45, 2.75) is 26.3 Å². The van der Waals surface area contributed by atoms with E-state index in [-0.39, 0.29) is 0 Å². The van der Waals surface area contributed by atoms with Crippen molar-refractivity contribution < 1.29 is 13.3 Å². The maximum atomic E-state index is 5.69. The van der Waals surface area contributed by atoms with Gasteiger partial charge in [-0.2, -0.15) is 0 Å². The fraction of sp³-hybridized carbons (Fsp3) is 1.00. The molecule has 0 aliphatic carbocycles. The lowest BCUT2D eigenvalue weighted by Crippen LogP contribution is -2.46. The molecule has 5 heteroatoms. The van der Waals surface area contributed by atoms with E-state index in [1.54, 1.807) is 14.2 Å². The van der Waals surface area contributed by atoms with E-state index in [9.17, 15) is 0 Å². The van der Waals surface area contributed by atoms with Crippen LogP contribution in [0.5, 0.6) is 0 Å². The van der Waals surface area contributed by atoms with Gasteiger partial charge in [-0.3, -0.25) is 0 Å². The Morgan fingerprint density at radius 1 is 1.29 bits per heavy atom. The number of hydrogen-bond acceptors (Lipinski definition) is 4. The van der Waals surface area contributed by atoms with Crippen LogP contribution in [-0.4, -0.2) is 36.2 Å². The van der Waals surface area contributed by atoms with E-state index in [0.717, 1.165) is 12.5 Å². The summed E-state index contributed by atoms with van der Waals surface area (Å²) in [6, 6.07) is 0.788. The number of nitrogens with two attached hydrogens (primary N) is 1. The summed E-state index contributed by atoms with van der Waals surface area (Å²) in [5, 5.41) is 0. The summed E-state index contributed by atoms with van der Waals surface area (Å²) >= 11 is 0. The topological polar surface area (TPSA) is 53.7 Å². The molecule has 1 unspecified atom stereocenters. The lowest BCUT2D eigenvalue weighted by Gasteiger charge is -2.28. The van der Waals surface area contributed by atoms with Crippen molar-refractivity contribution in [2.75, 3.05) is 27.4 Å². The molecule has 0 aromatic carbocycles. The molecule has 0 radical (unpaired) electrons. The SMILES string of the molecule is CCCO[Si](CC(C)CN)(OC)OC. The smallest absolute Gasteiger partial charge is 0.377 e. The Kier molecular flexibility index (Phi) is 7.39. The van der Waals surface area contributed by atoms with Crippen LogP contribution >= 0.6 is 0 Å². The molecule has 0 bridgehead atoms. The first-order valence-corrected chi connectivity index (χ1v) is 7.01. The molecule has 0 aromatic heterocycles. The van der Waals surface area contributed by atoms with E-state index >= 15 is 0 Å². The van der Waals surface area contributed by atoms with Crippen molar-refractivity contribution in [1.82, 2.24) is 0 Å². The highest BCUT2D eigenvalue weighted by atomic mass is 28.4. The zero-order valence-corrected chi connectivity index (χ0v) is 10.7. The molecule has 0 saturated heterocycles. The van der Waals surface area contributed by atoms with Gasteiger partial charge in [0.15, 0.2) is 0 Å². The molecule has 0 rings (SSSR count). The molecule has 0 spiro atoms. The highest BCUT2D eigenvalue weighted by Gasteiger charge is 2.39. The quantitative estimate of drug-likeness (QED) is 0.627. The number of hydrogen-bond donors (Lipinski definition) is 1. The molecule has 14 heavy (non-hydrogen) atoms. The molecule has 4 nitrogen and oxygen atoms in total. The van der Waals surface area contributed by atoms with Crippen LogP contribution in [-0.2, 0) is 13.3 Å². The molecule has 0 amide bonds. The molecule has 0 heterocycles. The Labute approximate surface area is 88.1 Å². The molecule has 1 atom stereocenters. The predicted molar refractivity (Wildman–Crippen MR) is 59.0 cm³/mol. The lowest BCUT2D eigenvalue weighted by atomic mass is 10.2. The van der Waals surface area contributed by atoms with Crippen LogP contribution in [0.15, 0.2) is 0 Å². The van der Waals surface area contributed by atoms with Crippen molar-refractivity contribution in [3.05, 3.63) is 0 Å². The van der Waals surface area contributed by atoms with Gasteiger partial charge in [0.1, 0.15) is 0 Å². The summed E-state index contributed by atoms with van der Waals surface area (Å²) < 4.78 is 16.5. The molecule has 0 aliphatic rings. The molecule has 2 N–H and O–H groups in total. The van der Waals surface area contributed by atoms with E-state index in [2.05, 4.69) is 13.8 Å². The highest BCUT2D eigenvalue weighted by Crippen LogP contribution is 2.19. The Hall–Kier alpha value is 0.0569. The van der Waals surface area contributed by atoms with Gasteiger partial charge in [0, 0.05) is 26.9 Å². The van der Waals surface area contributed by atoms with Crippen LogP contribution in [0.2, 0.25) is 6.04 Å². The van der Waals surface area contributed by atoms with E-state index in [0.29, 0.717) is 19.1 Å². The van der Waals surface area contributed by atoms with E-state index < -0.39 is 8.80 Å². The largest absolute Gasteiger partial charge is 0.500 e. The van der Waals surface area contributed by atoms with Crippen molar-refractivity contribution >= 4 is 8.80 Å². The standard InChI is InChI=1S/C9H23NO3Si/c1-5-6-13-14(11-3,12-4)8-9(2)7-10/h9H,5-8,10H2,1-4H3. The lowest BCUT2D eigenvalue weighted by molar-refractivity contribution is 0.0945. The predicted octanol–water partition coefficient (Wildman–Crippen LogP) is 1.24. The second kappa shape index (κ2) is 7.36. The zero-order valence-electron chi connectivity index (χ0n) is 9.71. The Bertz CT molecular complexity index is 142. The molecule has 0 aliphatic heterocycles. The third-order valence-electron chi connectivity index (χ3n) is 2.15. The molecular weight excluding hydrogens is 198 g/mol. The van der Waals surface area contributed by atoms with Gasteiger partial charge in [-0.05, 0) is 18.9 Å². The van der Waals surface area contributed by atoms with Crippen molar-refractivity contribution in [1.29, 1.82) is 0 Å². The first kappa shape index (κ1) is 14.1. The third kappa shape index (κ3) is 4.52. The zero-order chi connectivity index (χ0) is 11.0.